The summed E-state index contributed by atoms with van der Waals surface area (Å²) in [5.74, 6) is 0. The van der Waals surface area contributed by atoms with Crippen LogP contribution in [0.2, 0.25) is 0 Å². The van der Waals surface area contributed by atoms with Crippen LogP contribution in [0.1, 0.15) is 5.69 Å². The molecule has 2 aromatic heterocycles. The van der Waals surface area contributed by atoms with E-state index < -0.39 is 17.5 Å². The topological polar surface area (TPSA) is 43.1 Å². The van der Waals surface area contributed by atoms with Crippen LogP contribution in [0.25, 0.3) is 22.1 Å². The standard InChI is InChI=1S/C15H8F3NO2/c16-15(17,18)13-10(5-3-7-19-13)11-8-9-4-1-2-6-12(9)21-14(11)20/h1-8H. The molecule has 21 heavy (non-hydrogen) atoms. The summed E-state index contributed by atoms with van der Waals surface area (Å²) in [6.07, 6.45) is -3.61. The number of nitrogens with zero attached hydrogens (tertiary/aromatic N) is 1. The van der Waals surface area contributed by atoms with Crippen LogP contribution in [0, 0.1) is 0 Å². The Labute approximate surface area is 116 Å². The molecule has 2 heterocycles. The molecule has 0 aliphatic heterocycles. The highest BCUT2D eigenvalue weighted by atomic mass is 19.4. The molecule has 6 heteroatoms. The van der Waals surface area contributed by atoms with Gasteiger partial charge in [0.1, 0.15) is 5.58 Å². The Kier molecular flexibility index (Phi) is 3.01. The maximum absolute atomic E-state index is 13.0. The second-order valence-corrected chi connectivity index (χ2v) is 4.38. The van der Waals surface area contributed by atoms with Crippen LogP contribution in [-0.4, -0.2) is 4.98 Å². The van der Waals surface area contributed by atoms with Crippen molar-refractivity contribution < 1.29 is 17.6 Å². The van der Waals surface area contributed by atoms with Crippen LogP contribution in [0.5, 0.6) is 0 Å². The van der Waals surface area contributed by atoms with E-state index in [0.29, 0.717) is 11.0 Å². The minimum Gasteiger partial charge on any atom is -0.422 e. The van der Waals surface area contributed by atoms with Gasteiger partial charge in [-0.25, -0.2) is 4.79 Å². The zero-order chi connectivity index (χ0) is 15.0. The van der Waals surface area contributed by atoms with Crippen molar-refractivity contribution in [2.75, 3.05) is 0 Å². The summed E-state index contributed by atoms with van der Waals surface area (Å²) in [5, 5.41) is 0.545. The summed E-state index contributed by atoms with van der Waals surface area (Å²) in [5.41, 5.74) is -2.05. The van der Waals surface area contributed by atoms with Crippen LogP contribution in [0.3, 0.4) is 0 Å². The van der Waals surface area contributed by atoms with Gasteiger partial charge in [0.25, 0.3) is 0 Å². The molecule has 3 rings (SSSR count). The van der Waals surface area contributed by atoms with Crippen molar-refractivity contribution in [1.29, 1.82) is 0 Å². The monoisotopic (exact) mass is 291 g/mol. The Morgan fingerprint density at radius 1 is 1.00 bits per heavy atom. The van der Waals surface area contributed by atoms with Gasteiger partial charge in [0, 0.05) is 17.1 Å². The van der Waals surface area contributed by atoms with Gasteiger partial charge in [-0.15, -0.1) is 0 Å². The first-order valence-electron chi connectivity index (χ1n) is 6.02. The van der Waals surface area contributed by atoms with E-state index in [9.17, 15) is 18.0 Å². The number of alkyl halides is 3. The fourth-order valence-corrected chi connectivity index (χ4v) is 2.10. The van der Waals surface area contributed by atoms with E-state index >= 15 is 0 Å². The van der Waals surface area contributed by atoms with Gasteiger partial charge in [-0.3, -0.25) is 4.98 Å². The van der Waals surface area contributed by atoms with E-state index in [1.54, 1.807) is 24.3 Å². The minimum atomic E-state index is -4.64. The molecule has 106 valence electrons. The number of hydrogen-bond donors (Lipinski definition) is 0. The van der Waals surface area contributed by atoms with Crippen molar-refractivity contribution in [2.24, 2.45) is 0 Å². The molecule has 0 aliphatic rings. The second-order valence-electron chi connectivity index (χ2n) is 4.38. The lowest BCUT2D eigenvalue weighted by molar-refractivity contribution is -0.140. The van der Waals surface area contributed by atoms with Crippen molar-refractivity contribution in [3.05, 3.63) is 64.8 Å². The molecule has 0 N–H and O–H groups in total. The Bertz CT molecular complexity index is 868. The lowest BCUT2D eigenvalue weighted by Crippen LogP contribution is -2.13. The largest absolute Gasteiger partial charge is 0.433 e. The first-order valence-corrected chi connectivity index (χ1v) is 6.02. The minimum absolute atomic E-state index is 0.158. The summed E-state index contributed by atoms with van der Waals surface area (Å²) >= 11 is 0. The molecule has 0 saturated carbocycles. The first kappa shape index (κ1) is 13.4. The molecule has 0 bridgehead atoms. The molecule has 3 aromatic rings. The third-order valence-electron chi connectivity index (χ3n) is 3.01. The quantitative estimate of drug-likeness (QED) is 0.639. The predicted octanol–water partition coefficient (Wildman–Crippen LogP) is 3.87. The normalized spacial score (nSPS) is 11.8. The number of fused-ring (bicyclic) bond motifs is 1. The number of rotatable bonds is 1. The number of para-hydroxylation sites is 1. The highest BCUT2D eigenvalue weighted by molar-refractivity contribution is 5.82. The zero-order valence-electron chi connectivity index (χ0n) is 10.5. The Balaban J connectivity index is 2.31. The van der Waals surface area contributed by atoms with Gasteiger partial charge in [-0.1, -0.05) is 24.3 Å². The van der Waals surface area contributed by atoms with Crippen molar-refractivity contribution in [3.8, 4) is 11.1 Å². The number of aromatic nitrogens is 1. The van der Waals surface area contributed by atoms with Gasteiger partial charge in [0.05, 0.1) is 5.56 Å². The third kappa shape index (κ3) is 2.40. The Morgan fingerprint density at radius 3 is 2.52 bits per heavy atom. The number of hydrogen-bond acceptors (Lipinski definition) is 3. The van der Waals surface area contributed by atoms with Gasteiger partial charge in [0.15, 0.2) is 5.69 Å². The lowest BCUT2D eigenvalue weighted by atomic mass is 10.0. The van der Waals surface area contributed by atoms with Crippen molar-refractivity contribution in [2.45, 2.75) is 6.18 Å². The molecular formula is C15H8F3NO2. The maximum atomic E-state index is 13.0. The van der Waals surface area contributed by atoms with Gasteiger partial charge in [-0.2, -0.15) is 13.2 Å². The van der Waals surface area contributed by atoms with Crippen LogP contribution >= 0.6 is 0 Å². The molecule has 3 nitrogen and oxygen atoms in total. The van der Waals surface area contributed by atoms with E-state index in [-0.39, 0.29) is 11.1 Å². The van der Waals surface area contributed by atoms with Gasteiger partial charge >= 0.3 is 11.8 Å². The molecular weight excluding hydrogens is 283 g/mol. The average Bonchev–Trinajstić information content (AvgIpc) is 2.45. The van der Waals surface area contributed by atoms with E-state index in [2.05, 4.69) is 4.98 Å². The fourth-order valence-electron chi connectivity index (χ4n) is 2.10. The molecule has 0 saturated heterocycles. The van der Waals surface area contributed by atoms with Crippen LogP contribution in [-0.2, 0) is 6.18 Å². The van der Waals surface area contributed by atoms with Crippen LogP contribution in [0.15, 0.2) is 57.9 Å². The lowest BCUT2D eigenvalue weighted by Gasteiger charge is -2.10. The second kappa shape index (κ2) is 4.73. The number of benzene rings is 1. The van der Waals surface area contributed by atoms with Crippen molar-refractivity contribution in [3.63, 3.8) is 0 Å². The van der Waals surface area contributed by atoms with Crippen molar-refractivity contribution in [1.82, 2.24) is 4.98 Å². The molecule has 1 aromatic carbocycles. The van der Waals surface area contributed by atoms with E-state index in [4.69, 9.17) is 4.42 Å². The summed E-state index contributed by atoms with van der Waals surface area (Å²) < 4.78 is 44.0. The molecule has 0 fully saturated rings. The maximum Gasteiger partial charge on any atom is 0.433 e. The Morgan fingerprint density at radius 2 is 1.76 bits per heavy atom. The highest BCUT2D eigenvalue weighted by Crippen LogP contribution is 2.34. The zero-order valence-corrected chi connectivity index (χ0v) is 10.5. The van der Waals surface area contributed by atoms with Crippen LogP contribution in [0.4, 0.5) is 13.2 Å². The first-order chi connectivity index (χ1) is 9.97. The van der Waals surface area contributed by atoms with Crippen molar-refractivity contribution >= 4 is 11.0 Å². The number of pyridine rings is 1. The predicted molar refractivity (Wildman–Crippen MR) is 70.7 cm³/mol. The summed E-state index contributed by atoms with van der Waals surface area (Å²) in [7, 11) is 0. The van der Waals surface area contributed by atoms with Gasteiger partial charge < -0.3 is 4.42 Å². The van der Waals surface area contributed by atoms with Gasteiger partial charge in [-0.05, 0) is 18.2 Å². The van der Waals surface area contributed by atoms with E-state index in [1.165, 1.54) is 18.2 Å². The molecule has 0 radical (unpaired) electrons. The molecule has 0 spiro atoms. The molecule has 0 aliphatic carbocycles. The average molecular weight is 291 g/mol. The summed E-state index contributed by atoms with van der Waals surface area (Å²) in [6.45, 7) is 0. The van der Waals surface area contributed by atoms with E-state index in [1.807, 2.05) is 0 Å². The van der Waals surface area contributed by atoms with E-state index in [0.717, 1.165) is 6.20 Å². The van der Waals surface area contributed by atoms with Gasteiger partial charge in [0.2, 0.25) is 0 Å². The highest BCUT2D eigenvalue weighted by Gasteiger charge is 2.36. The number of halogens is 3. The third-order valence-corrected chi connectivity index (χ3v) is 3.01. The molecule has 0 unspecified atom stereocenters. The summed E-state index contributed by atoms with van der Waals surface area (Å²) in [6, 6.07) is 10.6. The fraction of sp³-hybridized carbons (Fsp3) is 0.0667. The molecule has 0 amide bonds. The SMILES string of the molecule is O=c1oc2ccccc2cc1-c1cccnc1C(F)(F)F. The smallest absolute Gasteiger partial charge is 0.422 e. The summed E-state index contributed by atoms with van der Waals surface area (Å²) in [4.78, 5) is 15.3. The Hall–Kier alpha value is -2.63. The van der Waals surface area contributed by atoms with Crippen LogP contribution < -0.4 is 5.63 Å². The molecule has 0 atom stereocenters.